The Morgan fingerprint density at radius 3 is 2.68 bits per heavy atom. The van der Waals surface area contributed by atoms with E-state index in [1.165, 1.54) is 0 Å². The van der Waals surface area contributed by atoms with Crippen molar-refractivity contribution in [2.75, 3.05) is 38.7 Å². The van der Waals surface area contributed by atoms with Crippen LogP contribution >= 0.6 is 11.8 Å². The molecule has 0 radical (unpaired) electrons. The summed E-state index contributed by atoms with van der Waals surface area (Å²) in [6.45, 7) is 3.33. The summed E-state index contributed by atoms with van der Waals surface area (Å²) >= 11 is 1.74. The van der Waals surface area contributed by atoms with E-state index in [1.54, 1.807) is 11.8 Å². The number of amides is 1. The van der Waals surface area contributed by atoms with Crippen molar-refractivity contribution in [1.29, 1.82) is 0 Å². The van der Waals surface area contributed by atoms with Crippen molar-refractivity contribution >= 4 is 17.7 Å². The topological polar surface area (TPSA) is 70.6 Å². The largest absolute Gasteiger partial charge is 0.394 e. The average Bonchev–Trinajstić information content (AvgIpc) is 2.47. The number of aliphatic hydroxyl groups is 1. The van der Waals surface area contributed by atoms with E-state index in [9.17, 15) is 9.90 Å². The Bertz CT molecular complexity index is 290. The third-order valence-corrected chi connectivity index (χ3v) is 5.27. The number of nitrogens with one attached hydrogen (secondary N) is 2. The molecular formula is C13H24N2O3S. The Balaban J connectivity index is 1.72. The SMILES string of the molecule is O=C(CSC1CCNCC1)NC1(CO)CCOCC1. The van der Waals surface area contributed by atoms with Crippen LogP contribution in [0.2, 0.25) is 0 Å². The highest BCUT2D eigenvalue weighted by Gasteiger charge is 2.33. The molecule has 0 aromatic carbocycles. The summed E-state index contributed by atoms with van der Waals surface area (Å²) in [5.41, 5.74) is -0.454. The van der Waals surface area contributed by atoms with Gasteiger partial charge in [0.15, 0.2) is 0 Å². The van der Waals surface area contributed by atoms with Crippen LogP contribution in [0.3, 0.4) is 0 Å². The summed E-state index contributed by atoms with van der Waals surface area (Å²) in [6, 6.07) is 0. The monoisotopic (exact) mass is 288 g/mol. The molecule has 0 spiro atoms. The molecule has 0 unspecified atom stereocenters. The minimum Gasteiger partial charge on any atom is -0.394 e. The van der Waals surface area contributed by atoms with Crippen LogP contribution in [0.5, 0.6) is 0 Å². The molecule has 0 aromatic heterocycles. The standard InChI is InChI=1S/C13H24N2O3S/c16-10-13(3-7-18-8-4-13)15-12(17)9-19-11-1-5-14-6-2-11/h11,14,16H,1-10H2,(H,15,17). The quantitative estimate of drug-likeness (QED) is 0.671. The molecule has 2 heterocycles. The lowest BCUT2D eigenvalue weighted by Crippen LogP contribution is -2.55. The zero-order valence-corrected chi connectivity index (χ0v) is 12.1. The molecule has 0 aromatic rings. The Morgan fingerprint density at radius 1 is 1.37 bits per heavy atom. The fourth-order valence-electron chi connectivity index (χ4n) is 2.57. The number of hydrogen-bond donors (Lipinski definition) is 3. The molecule has 2 aliphatic heterocycles. The normalized spacial score (nSPS) is 24.1. The fourth-order valence-corrected chi connectivity index (χ4v) is 3.60. The second-order valence-electron chi connectivity index (χ2n) is 5.36. The lowest BCUT2D eigenvalue weighted by atomic mass is 9.91. The number of ether oxygens (including phenoxy) is 1. The number of thioether (sulfide) groups is 1. The van der Waals surface area contributed by atoms with Gasteiger partial charge in [-0.3, -0.25) is 4.79 Å². The predicted molar refractivity (Wildman–Crippen MR) is 76.4 cm³/mol. The van der Waals surface area contributed by atoms with Crippen molar-refractivity contribution < 1.29 is 14.6 Å². The number of aliphatic hydroxyl groups excluding tert-OH is 1. The minimum absolute atomic E-state index is 0.000114. The third kappa shape index (κ3) is 4.63. The van der Waals surface area contributed by atoms with Crippen LogP contribution in [0.25, 0.3) is 0 Å². The lowest BCUT2D eigenvalue weighted by Gasteiger charge is -2.36. The highest BCUT2D eigenvalue weighted by atomic mass is 32.2. The molecule has 0 atom stereocenters. The van der Waals surface area contributed by atoms with Crippen LogP contribution in [-0.4, -0.2) is 60.5 Å². The molecular weight excluding hydrogens is 264 g/mol. The summed E-state index contributed by atoms with van der Waals surface area (Å²) in [7, 11) is 0. The van der Waals surface area contributed by atoms with Gasteiger partial charge in [-0.2, -0.15) is 0 Å². The van der Waals surface area contributed by atoms with E-state index >= 15 is 0 Å². The molecule has 5 nitrogen and oxygen atoms in total. The zero-order valence-electron chi connectivity index (χ0n) is 11.3. The second-order valence-corrected chi connectivity index (χ2v) is 6.65. The molecule has 1 amide bonds. The van der Waals surface area contributed by atoms with Gasteiger partial charge in [0.05, 0.1) is 17.9 Å². The second kappa shape index (κ2) is 7.47. The van der Waals surface area contributed by atoms with E-state index in [-0.39, 0.29) is 12.5 Å². The van der Waals surface area contributed by atoms with Gasteiger partial charge in [0.25, 0.3) is 0 Å². The van der Waals surface area contributed by atoms with Gasteiger partial charge in [-0.1, -0.05) is 0 Å². The lowest BCUT2D eigenvalue weighted by molar-refractivity contribution is -0.122. The highest BCUT2D eigenvalue weighted by molar-refractivity contribution is 8.00. The van der Waals surface area contributed by atoms with Crippen LogP contribution in [-0.2, 0) is 9.53 Å². The molecule has 2 aliphatic rings. The smallest absolute Gasteiger partial charge is 0.230 e. The Morgan fingerprint density at radius 2 is 2.05 bits per heavy atom. The van der Waals surface area contributed by atoms with Crippen molar-refractivity contribution in [3.63, 3.8) is 0 Å². The van der Waals surface area contributed by atoms with E-state index in [0.29, 0.717) is 37.1 Å². The molecule has 0 bridgehead atoms. The van der Waals surface area contributed by atoms with Crippen LogP contribution in [0.15, 0.2) is 0 Å². The van der Waals surface area contributed by atoms with Gasteiger partial charge < -0.3 is 20.5 Å². The van der Waals surface area contributed by atoms with Crippen LogP contribution in [0.4, 0.5) is 0 Å². The first-order valence-corrected chi connectivity index (χ1v) is 8.11. The molecule has 19 heavy (non-hydrogen) atoms. The minimum atomic E-state index is -0.454. The predicted octanol–water partition coefficient (Wildman–Crippen LogP) is 0.129. The maximum atomic E-state index is 12.0. The number of piperidine rings is 1. The van der Waals surface area contributed by atoms with Gasteiger partial charge in [-0.05, 0) is 38.8 Å². The molecule has 0 saturated carbocycles. The molecule has 6 heteroatoms. The summed E-state index contributed by atoms with van der Waals surface area (Å²) < 4.78 is 5.29. The van der Waals surface area contributed by atoms with Crippen LogP contribution < -0.4 is 10.6 Å². The van der Waals surface area contributed by atoms with Gasteiger partial charge in [0, 0.05) is 18.5 Å². The van der Waals surface area contributed by atoms with Gasteiger partial charge >= 0.3 is 0 Å². The van der Waals surface area contributed by atoms with Crippen molar-refractivity contribution in [3.8, 4) is 0 Å². The molecule has 110 valence electrons. The van der Waals surface area contributed by atoms with Gasteiger partial charge in [0.2, 0.25) is 5.91 Å². The fraction of sp³-hybridized carbons (Fsp3) is 0.923. The third-order valence-electron chi connectivity index (χ3n) is 3.89. The van der Waals surface area contributed by atoms with Gasteiger partial charge in [0.1, 0.15) is 0 Å². The molecule has 0 aliphatic carbocycles. The molecule has 2 saturated heterocycles. The van der Waals surface area contributed by atoms with Crippen LogP contribution in [0.1, 0.15) is 25.7 Å². The highest BCUT2D eigenvalue weighted by Crippen LogP contribution is 2.22. The average molecular weight is 288 g/mol. The molecule has 2 fully saturated rings. The first kappa shape index (κ1) is 15.1. The maximum absolute atomic E-state index is 12.0. The Kier molecular flexibility index (Phi) is 5.94. The number of carbonyl (C=O) groups is 1. The summed E-state index contributed by atoms with van der Waals surface area (Å²) in [5, 5.41) is 16.5. The number of hydrogen-bond acceptors (Lipinski definition) is 5. The Labute approximate surface area is 118 Å². The first-order valence-electron chi connectivity index (χ1n) is 7.06. The Hall–Kier alpha value is -0.300. The van der Waals surface area contributed by atoms with Crippen molar-refractivity contribution in [2.24, 2.45) is 0 Å². The summed E-state index contributed by atoms with van der Waals surface area (Å²) in [4.78, 5) is 12.0. The van der Waals surface area contributed by atoms with Crippen molar-refractivity contribution in [1.82, 2.24) is 10.6 Å². The van der Waals surface area contributed by atoms with E-state index in [0.717, 1.165) is 25.9 Å². The molecule has 3 N–H and O–H groups in total. The van der Waals surface area contributed by atoms with Gasteiger partial charge in [-0.25, -0.2) is 0 Å². The van der Waals surface area contributed by atoms with Crippen molar-refractivity contribution in [2.45, 2.75) is 36.5 Å². The van der Waals surface area contributed by atoms with Gasteiger partial charge in [-0.15, -0.1) is 11.8 Å². The van der Waals surface area contributed by atoms with E-state index in [2.05, 4.69) is 10.6 Å². The van der Waals surface area contributed by atoms with E-state index in [1.807, 2.05) is 0 Å². The zero-order chi connectivity index (χ0) is 13.6. The summed E-state index contributed by atoms with van der Waals surface area (Å²) in [5.74, 6) is 0.535. The molecule has 2 rings (SSSR count). The van der Waals surface area contributed by atoms with E-state index in [4.69, 9.17) is 4.74 Å². The number of carbonyl (C=O) groups excluding carboxylic acids is 1. The van der Waals surface area contributed by atoms with Crippen molar-refractivity contribution in [3.05, 3.63) is 0 Å². The first-order chi connectivity index (χ1) is 9.24. The summed E-state index contributed by atoms with van der Waals surface area (Å²) in [6.07, 6.45) is 3.67. The van der Waals surface area contributed by atoms with Crippen LogP contribution in [0, 0.1) is 0 Å². The maximum Gasteiger partial charge on any atom is 0.230 e. The van der Waals surface area contributed by atoms with E-state index < -0.39 is 5.54 Å². The number of rotatable bonds is 5.